The highest BCUT2D eigenvalue weighted by Crippen LogP contribution is 2.25. The molecule has 0 aliphatic carbocycles. The highest BCUT2D eigenvalue weighted by Gasteiger charge is 2.20. The first kappa shape index (κ1) is 14.6. The number of hydrogen-bond acceptors (Lipinski definition) is 5. The second-order valence-corrected chi connectivity index (χ2v) is 4.30. The highest BCUT2D eigenvalue weighted by atomic mass is 16.3. The summed E-state index contributed by atoms with van der Waals surface area (Å²) in [5, 5.41) is 22.7. The van der Waals surface area contributed by atoms with Crippen molar-refractivity contribution in [2.75, 3.05) is 19.3 Å². The molecule has 18 heavy (non-hydrogen) atoms. The average molecular weight is 252 g/mol. The molecule has 0 radical (unpaired) electrons. The Balaban J connectivity index is 2.86. The Labute approximate surface area is 107 Å². The number of aliphatic hydroxyl groups excluding tert-OH is 2. The number of carbonyl (C=O) groups is 1. The molecule has 5 N–H and O–H groups in total. The van der Waals surface area contributed by atoms with Gasteiger partial charge in [0.05, 0.1) is 6.10 Å². The lowest BCUT2D eigenvalue weighted by atomic mass is 9.98. The van der Waals surface area contributed by atoms with Crippen LogP contribution in [0.5, 0.6) is 0 Å². The van der Waals surface area contributed by atoms with Crippen LogP contribution in [0.1, 0.15) is 35.4 Å². The molecular weight excluding hydrogens is 232 g/mol. The van der Waals surface area contributed by atoms with Crippen molar-refractivity contribution in [1.82, 2.24) is 5.32 Å². The Morgan fingerprint density at radius 1 is 1.44 bits per heavy atom. The Hall–Kier alpha value is -1.43. The molecule has 2 atom stereocenters. The SMILES string of the molecule is CNCCC(O)C(O)c1ccc(C(C)=O)cc1N. The monoisotopic (exact) mass is 252 g/mol. The van der Waals surface area contributed by atoms with E-state index in [2.05, 4.69) is 5.32 Å². The lowest BCUT2D eigenvalue weighted by Gasteiger charge is -2.19. The maximum Gasteiger partial charge on any atom is 0.159 e. The van der Waals surface area contributed by atoms with Gasteiger partial charge in [0.1, 0.15) is 6.10 Å². The van der Waals surface area contributed by atoms with Gasteiger partial charge >= 0.3 is 0 Å². The molecule has 5 nitrogen and oxygen atoms in total. The molecule has 0 fully saturated rings. The number of nitrogens with one attached hydrogen (secondary N) is 1. The van der Waals surface area contributed by atoms with Gasteiger partial charge in [-0.15, -0.1) is 0 Å². The average Bonchev–Trinajstić information content (AvgIpc) is 2.34. The van der Waals surface area contributed by atoms with Crippen LogP contribution in [-0.4, -0.2) is 35.7 Å². The minimum atomic E-state index is -1.04. The number of ketones is 1. The molecule has 0 saturated carbocycles. The highest BCUT2D eigenvalue weighted by molar-refractivity contribution is 5.95. The number of Topliss-reactive ketones (excluding diaryl/α,β-unsaturated/α-hetero) is 1. The van der Waals surface area contributed by atoms with Crippen LogP contribution in [0.15, 0.2) is 18.2 Å². The lowest BCUT2D eigenvalue weighted by molar-refractivity contribution is 0.0144. The van der Waals surface area contributed by atoms with Gasteiger partial charge in [-0.1, -0.05) is 12.1 Å². The van der Waals surface area contributed by atoms with Gasteiger partial charge in [-0.05, 0) is 33.0 Å². The van der Waals surface area contributed by atoms with Gasteiger partial charge in [0, 0.05) is 16.8 Å². The molecular formula is C13H20N2O3. The van der Waals surface area contributed by atoms with Crippen molar-refractivity contribution < 1.29 is 15.0 Å². The topological polar surface area (TPSA) is 95.6 Å². The van der Waals surface area contributed by atoms with Crippen LogP contribution in [0, 0.1) is 0 Å². The lowest BCUT2D eigenvalue weighted by Crippen LogP contribution is -2.24. The number of benzene rings is 1. The van der Waals surface area contributed by atoms with Gasteiger partial charge in [-0.3, -0.25) is 4.79 Å². The molecule has 100 valence electrons. The third kappa shape index (κ3) is 3.53. The Kier molecular flexibility index (Phi) is 5.27. The van der Waals surface area contributed by atoms with Crippen LogP contribution in [0.4, 0.5) is 5.69 Å². The van der Waals surface area contributed by atoms with Crippen LogP contribution < -0.4 is 11.1 Å². The number of hydrogen-bond donors (Lipinski definition) is 4. The molecule has 0 aromatic heterocycles. The van der Waals surface area contributed by atoms with E-state index in [1.54, 1.807) is 19.2 Å². The van der Waals surface area contributed by atoms with Gasteiger partial charge in [-0.25, -0.2) is 0 Å². The number of rotatable bonds is 6. The van der Waals surface area contributed by atoms with Crippen molar-refractivity contribution in [3.8, 4) is 0 Å². The van der Waals surface area contributed by atoms with Gasteiger partial charge in [0.25, 0.3) is 0 Å². The third-order valence-electron chi connectivity index (χ3n) is 2.87. The zero-order valence-corrected chi connectivity index (χ0v) is 10.7. The molecule has 1 rings (SSSR count). The molecule has 0 amide bonds. The van der Waals surface area contributed by atoms with E-state index in [1.165, 1.54) is 13.0 Å². The van der Waals surface area contributed by atoms with E-state index in [4.69, 9.17) is 5.73 Å². The molecule has 1 aromatic carbocycles. The fourth-order valence-corrected chi connectivity index (χ4v) is 1.72. The second kappa shape index (κ2) is 6.49. The van der Waals surface area contributed by atoms with Gasteiger partial charge < -0.3 is 21.3 Å². The summed E-state index contributed by atoms with van der Waals surface area (Å²) in [4.78, 5) is 11.2. The summed E-state index contributed by atoms with van der Waals surface area (Å²) in [5.41, 5.74) is 7.05. The van der Waals surface area contributed by atoms with Crippen molar-refractivity contribution in [3.63, 3.8) is 0 Å². The van der Waals surface area contributed by atoms with E-state index in [9.17, 15) is 15.0 Å². The van der Waals surface area contributed by atoms with Crippen LogP contribution in [-0.2, 0) is 0 Å². The van der Waals surface area contributed by atoms with Crippen molar-refractivity contribution in [3.05, 3.63) is 29.3 Å². The van der Waals surface area contributed by atoms with Crippen LogP contribution in [0.3, 0.4) is 0 Å². The fourth-order valence-electron chi connectivity index (χ4n) is 1.72. The van der Waals surface area contributed by atoms with Crippen molar-refractivity contribution in [2.24, 2.45) is 0 Å². The third-order valence-corrected chi connectivity index (χ3v) is 2.87. The molecule has 0 heterocycles. The zero-order valence-electron chi connectivity index (χ0n) is 10.7. The second-order valence-electron chi connectivity index (χ2n) is 4.30. The number of nitrogens with two attached hydrogens (primary N) is 1. The van der Waals surface area contributed by atoms with Gasteiger partial charge in [0.2, 0.25) is 0 Å². The number of anilines is 1. The Morgan fingerprint density at radius 2 is 2.11 bits per heavy atom. The maximum absolute atomic E-state index is 11.2. The van der Waals surface area contributed by atoms with E-state index in [0.717, 1.165) is 0 Å². The summed E-state index contributed by atoms with van der Waals surface area (Å²) in [6.45, 7) is 2.05. The molecule has 5 heteroatoms. The summed E-state index contributed by atoms with van der Waals surface area (Å²) in [6.07, 6.45) is -1.51. The summed E-state index contributed by atoms with van der Waals surface area (Å²) >= 11 is 0. The summed E-state index contributed by atoms with van der Waals surface area (Å²) in [5.74, 6) is -0.0847. The molecule has 0 bridgehead atoms. The zero-order chi connectivity index (χ0) is 13.7. The van der Waals surface area contributed by atoms with Crippen molar-refractivity contribution in [1.29, 1.82) is 0 Å². The van der Waals surface area contributed by atoms with Crippen LogP contribution >= 0.6 is 0 Å². The number of carbonyl (C=O) groups excluding carboxylic acids is 1. The molecule has 0 spiro atoms. The molecule has 0 saturated heterocycles. The van der Waals surface area contributed by atoms with E-state index >= 15 is 0 Å². The fraction of sp³-hybridized carbons (Fsp3) is 0.462. The number of nitrogen functional groups attached to an aromatic ring is 1. The first-order valence-electron chi connectivity index (χ1n) is 5.88. The standard InChI is InChI=1S/C13H20N2O3/c1-8(16)9-3-4-10(11(14)7-9)13(18)12(17)5-6-15-2/h3-4,7,12-13,15,17-18H,5-6,14H2,1-2H3. The largest absolute Gasteiger partial charge is 0.398 e. The first-order valence-corrected chi connectivity index (χ1v) is 5.88. The van der Waals surface area contributed by atoms with E-state index in [-0.39, 0.29) is 5.78 Å². The Bertz CT molecular complexity index is 421. The number of aliphatic hydroxyl groups is 2. The predicted molar refractivity (Wildman–Crippen MR) is 70.4 cm³/mol. The van der Waals surface area contributed by atoms with Crippen molar-refractivity contribution >= 4 is 11.5 Å². The van der Waals surface area contributed by atoms with Gasteiger partial charge in [0.15, 0.2) is 5.78 Å². The maximum atomic E-state index is 11.2. The van der Waals surface area contributed by atoms with Crippen molar-refractivity contribution in [2.45, 2.75) is 25.6 Å². The van der Waals surface area contributed by atoms with E-state index in [0.29, 0.717) is 29.8 Å². The normalized spacial score (nSPS) is 14.2. The smallest absolute Gasteiger partial charge is 0.159 e. The molecule has 0 aliphatic heterocycles. The molecule has 1 aromatic rings. The summed E-state index contributed by atoms with van der Waals surface area (Å²) in [7, 11) is 1.77. The minimum Gasteiger partial charge on any atom is -0.398 e. The van der Waals surface area contributed by atoms with Crippen LogP contribution in [0.25, 0.3) is 0 Å². The first-order chi connectivity index (χ1) is 8.47. The minimum absolute atomic E-state index is 0.0847. The Morgan fingerprint density at radius 3 is 2.61 bits per heavy atom. The predicted octanol–water partition coefficient (Wildman–Crippen LogP) is 0.475. The van der Waals surface area contributed by atoms with Gasteiger partial charge in [-0.2, -0.15) is 0 Å². The summed E-state index contributed by atoms with van der Waals surface area (Å²) in [6, 6.07) is 4.70. The van der Waals surface area contributed by atoms with E-state index < -0.39 is 12.2 Å². The van der Waals surface area contributed by atoms with E-state index in [1.807, 2.05) is 0 Å². The molecule has 2 unspecified atom stereocenters. The van der Waals surface area contributed by atoms with Crippen LogP contribution in [0.2, 0.25) is 0 Å². The summed E-state index contributed by atoms with van der Waals surface area (Å²) < 4.78 is 0. The quantitative estimate of drug-likeness (QED) is 0.436. The molecule has 0 aliphatic rings.